The van der Waals surface area contributed by atoms with E-state index in [0.29, 0.717) is 6.04 Å². The third-order valence-corrected chi connectivity index (χ3v) is 5.26. The van der Waals surface area contributed by atoms with Crippen LogP contribution in [-0.2, 0) is 0 Å². The van der Waals surface area contributed by atoms with Gasteiger partial charge in [-0.25, -0.2) is 0 Å². The molecular weight excluding hydrogens is 268 g/mol. The van der Waals surface area contributed by atoms with E-state index in [1.165, 1.54) is 44.3 Å². The highest BCUT2D eigenvalue weighted by molar-refractivity contribution is 5.30. The van der Waals surface area contributed by atoms with Crippen LogP contribution >= 0.6 is 0 Å². The van der Waals surface area contributed by atoms with Crippen molar-refractivity contribution in [1.82, 2.24) is 9.80 Å². The van der Waals surface area contributed by atoms with E-state index in [1.807, 2.05) is 0 Å². The second kappa shape index (κ2) is 6.29. The molecule has 2 heteroatoms. The van der Waals surface area contributed by atoms with Crippen LogP contribution in [-0.4, -0.2) is 36.0 Å². The molecule has 2 nitrogen and oxygen atoms in total. The Morgan fingerprint density at radius 3 is 2.45 bits per heavy atom. The van der Waals surface area contributed by atoms with Crippen molar-refractivity contribution in [3.05, 3.63) is 59.8 Å². The first-order valence-corrected chi connectivity index (χ1v) is 8.81. The molecule has 1 saturated carbocycles. The highest BCUT2D eigenvalue weighted by Crippen LogP contribution is 2.38. The summed E-state index contributed by atoms with van der Waals surface area (Å²) >= 11 is 0. The van der Waals surface area contributed by atoms with Gasteiger partial charge in [-0.1, -0.05) is 36.4 Å². The maximum absolute atomic E-state index is 2.63. The maximum Gasteiger partial charge on any atom is 0.0667 e. The number of rotatable bonds is 5. The molecule has 2 heterocycles. The van der Waals surface area contributed by atoms with Crippen molar-refractivity contribution < 1.29 is 0 Å². The van der Waals surface area contributed by atoms with Gasteiger partial charge < -0.3 is 9.80 Å². The molecule has 1 aromatic carbocycles. The molecule has 0 radical (unpaired) electrons. The van der Waals surface area contributed by atoms with Gasteiger partial charge >= 0.3 is 0 Å². The van der Waals surface area contributed by atoms with Gasteiger partial charge in [0.25, 0.3) is 0 Å². The lowest BCUT2D eigenvalue weighted by molar-refractivity contribution is 0.212. The van der Waals surface area contributed by atoms with Gasteiger partial charge in [0, 0.05) is 19.3 Å². The van der Waals surface area contributed by atoms with Crippen molar-refractivity contribution in [3.63, 3.8) is 0 Å². The number of allylic oxidation sites excluding steroid dienone is 2. The van der Waals surface area contributed by atoms with E-state index in [4.69, 9.17) is 0 Å². The SMILES string of the molecule is C1=CN([C@H](CN2CCCC2)c2ccccc2)CC=C1C1CC1. The zero-order chi connectivity index (χ0) is 14.8. The number of hydrogen-bond donors (Lipinski definition) is 0. The Morgan fingerprint density at radius 2 is 1.82 bits per heavy atom. The molecule has 22 heavy (non-hydrogen) atoms. The summed E-state index contributed by atoms with van der Waals surface area (Å²) in [6, 6.07) is 11.5. The average molecular weight is 294 g/mol. The normalized spacial score (nSPS) is 23.6. The predicted octanol–water partition coefficient (Wildman–Crippen LogP) is 3.99. The zero-order valence-corrected chi connectivity index (χ0v) is 13.3. The minimum Gasteiger partial charge on any atom is -0.365 e. The fourth-order valence-corrected chi connectivity index (χ4v) is 3.76. The lowest BCUT2D eigenvalue weighted by Gasteiger charge is -2.35. The number of likely N-dealkylation sites (tertiary alicyclic amines) is 1. The van der Waals surface area contributed by atoms with E-state index in [2.05, 4.69) is 58.5 Å². The van der Waals surface area contributed by atoms with Crippen LogP contribution in [0.15, 0.2) is 54.3 Å². The third-order valence-electron chi connectivity index (χ3n) is 5.26. The zero-order valence-electron chi connectivity index (χ0n) is 13.3. The van der Waals surface area contributed by atoms with Gasteiger partial charge in [-0.3, -0.25) is 0 Å². The van der Waals surface area contributed by atoms with E-state index in [-0.39, 0.29) is 0 Å². The van der Waals surface area contributed by atoms with Gasteiger partial charge in [0.05, 0.1) is 6.04 Å². The molecule has 2 fully saturated rings. The Hall–Kier alpha value is -1.54. The predicted molar refractivity (Wildman–Crippen MR) is 91.5 cm³/mol. The average Bonchev–Trinajstić information content (AvgIpc) is 3.30. The maximum atomic E-state index is 2.63. The molecular formula is C20H26N2. The van der Waals surface area contributed by atoms with Crippen LogP contribution in [0.2, 0.25) is 0 Å². The fourth-order valence-electron chi connectivity index (χ4n) is 3.76. The van der Waals surface area contributed by atoms with Gasteiger partial charge in [-0.2, -0.15) is 0 Å². The smallest absolute Gasteiger partial charge is 0.0667 e. The van der Waals surface area contributed by atoms with Crippen LogP contribution in [0.1, 0.15) is 37.3 Å². The minimum absolute atomic E-state index is 0.479. The van der Waals surface area contributed by atoms with Crippen molar-refractivity contribution in [3.8, 4) is 0 Å². The van der Waals surface area contributed by atoms with Crippen LogP contribution < -0.4 is 0 Å². The molecule has 0 bridgehead atoms. The third kappa shape index (κ3) is 3.12. The summed E-state index contributed by atoms with van der Waals surface area (Å²) in [7, 11) is 0. The topological polar surface area (TPSA) is 6.48 Å². The summed E-state index contributed by atoms with van der Waals surface area (Å²) in [5, 5.41) is 0. The van der Waals surface area contributed by atoms with E-state index in [1.54, 1.807) is 5.57 Å². The Balaban J connectivity index is 1.51. The molecule has 4 rings (SSSR count). The van der Waals surface area contributed by atoms with Gasteiger partial charge in [0.15, 0.2) is 0 Å². The van der Waals surface area contributed by atoms with E-state index in [0.717, 1.165) is 19.0 Å². The molecule has 3 aliphatic rings. The number of benzene rings is 1. The summed E-state index contributed by atoms with van der Waals surface area (Å²) in [5.41, 5.74) is 3.02. The second-order valence-corrected chi connectivity index (χ2v) is 6.93. The van der Waals surface area contributed by atoms with Crippen molar-refractivity contribution in [2.45, 2.75) is 31.7 Å². The Bertz CT molecular complexity index is 550. The molecule has 1 atom stereocenters. The molecule has 1 aliphatic carbocycles. The number of nitrogens with zero attached hydrogens (tertiary/aromatic N) is 2. The molecule has 1 aromatic rings. The van der Waals surface area contributed by atoms with Crippen LogP contribution in [0.3, 0.4) is 0 Å². The first-order valence-electron chi connectivity index (χ1n) is 8.81. The van der Waals surface area contributed by atoms with Gasteiger partial charge in [-0.05, 0) is 61.9 Å². The highest BCUT2D eigenvalue weighted by Gasteiger charge is 2.28. The fraction of sp³-hybridized carbons (Fsp3) is 0.500. The lowest BCUT2D eigenvalue weighted by atomic mass is 10.0. The van der Waals surface area contributed by atoms with E-state index >= 15 is 0 Å². The Kier molecular flexibility index (Phi) is 4.03. The van der Waals surface area contributed by atoms with Crippen molar-refractivity contribution in [1.29, 1.82) is 0 Å². The second-order valence-electron chi connectivity index (χ2n) is 6.93. The van der Waals surface area contributed by atoms with Crippen LogP contribution in [0.25, 0.3) is 0 Å². The molecule has 1 saturated heterocycles. The summed E-state index contributed by atoms with van der Waals surface area (Å²) in [6.45, 7) is 4.75. The standard InChI is InChI=1S/C20H26N2/c1-2-6-19(7-3-1)20(16-21-12-4-5-13-21)22-14-10-18(11-15-22)17-8-9-17/h1-3,6-7,10-11,14,17,20H,4-5,8-9,12-13,15-16H2/t20-/m1/s1. The minimum atomic E-state index is 0.479. The summed E-state index contributed by atoms with van der Waals surface area (Å²) < 4.78 is 0. The van der Waals surface area contributed by atoms with E-state index < -0.39 is 0 Å². The monoisotopic (exact) mass is 294 g/mol. The highest BCUT2D eigenvalue weighted by atomic mass is 15.2. The van der Waals surface area contributed by atoms with Crippen molar-refractivity contribution >= 4 is 0 Å². The molecule has 0 unspecified atom stereocenters. The van der Waals surface area contributed by atoms with Gasteiger partial charge in [-0.15, -0.1) is 0 Å². The Labute approximate surface area is 134 Å². The van der Waals surface area contributed by atoms with Crippen LogP contribution in [0, 0.1) is 5.92 Å². The Morgan fingerprint density at radius 1 is 1.05 bits per heavy atom. The molecule has 0 spiro atoms. The molecule has 2 aliphatic heterocycles. The number of hydrogen-bond acceptors (Lipinski definition) is 2. The van der Waals surface area contributed by atoms with Crippen molar-refractivity contribution in [2.24, 2.45) is 5.92 Å². The van der Waals surface area contributed by atoms with Crippen LogP contribution in [0.4, 0.5) is 0 Å². The molecule has 0 N–H and O–H groups in total. The summed E-state index contributed by atoms with van der Waals surface area (Å²) in [4.78, 5) is 5.16. The summed E-state index contributed by atoms with van der Waals surface area (Å²) in [6.07, 6.45) is 12.7. The first kappa shape index (κ1) is 14.1. The van der Waals surface area contributed by atoms with Gasteiger partial charge in [0.2, 0.25) is 0 Å². The first-order chi connectivity index (χ1) is 10.9. The van der Waals surface area contributed by atoms with Crippen molar-refractivity contribution in [2.75, 3.05) is 26.2 Å². The van der Waals surface area contributed by atoms with Crippen LogP contribution in [0.5, 0.6) is 0 Å². The summed E-state index contributed by atoms with van der Waals surface area (Å²) in [5.74, 6) is 0.868. The molecule has 116 valence electrons. The quantitative estimate of drug-likeness (QED) is 0.810. The van der Waals surface area contributed by atoms with Gasteiger partial charge in [0.1, 0.15) is 0 Å². The largest absolute Gasteiger partial charge is 0.365 e. The molecule has 0 aromatic heterocycles. The lowest BCUT2D eigenvalue weighted by Crippen LogP contribution is -2.35. The van der Waals surface area contributed by atoms with E-state index in [9.17, 15) is 0 Å². The molecule has 0 amide bonds.